The van der Waals surface area contributed by atoms with Gasteiger partial charge in [-0.15, -0.1) is 0 Å². The van der Waals surface area contributed by atoms with E-state index in [0.717, 1.165) is 44.9 Å². The fourth-order valence-electron chi connectivity index (χ4n) is 6.82. The molecular weight excluding hydrogens is 744 g/mol. The monoisotopic (exact) mass is 838 g/mol. The van der Waals surface area contributed by atoms with Gasteiger partial charge in [0.25, 0.3) is 0 Å². The van der Waals surface area contributed by atoms with E-state index >= 15 is 0 Å². The molecule has 0 aliphatic carbocycles. The lowest BCUT2D eigenvalue weighted by Crippen LogP contribution is -2.46. The molecule has 0 fully saturated rings. The van der Waals surface area contributed by atoms with Gasteiger partial charge in [-0.3, -0.25) is 13.8 Å². The fraction of sp³-hybridized carbons (Fsp3) is 0.816. The molecule has 0 spiro atoms. The van der Waals surface area contributed by atoms with Crippen LogP contribution in [0.2, 0.25) is 0 Å². The van der Waals surface area contributed by atoms with Crippen molar-refractivity contribution in [2.75, 3.05) is 40.9 Å². The van der Waals surface area contributed by atoms with E-state index in [2.05, 4.69) is 55.6 Å². The van der Waals surface area contributed by atoms with Crippen LogP contribution in [-0.2, 0) is 18.4 Å². The zero-order valence-corrected chi connectivity index (χ0v) is 39.4. The van der Waals surface area contributed by atoms with E-state index in [0.29, 0.717) is 23.9 Å². The van der Waals surface area contributed by atoms with Gasteiger partial charge in [-0.25, -0.2) is 4.57 Å². The maximum absolute atomic E-state index is 12.8. The molecule has 0 radical (unpaired) electrons. The second kappa shape index (κ2) is 40.8. The number of phosphoric ester groups is 1. The number of aliphatic hydroxyl groups is 1. The molecule has 0 aromatic heterocycles. The molecule has 0 aromatic rings. The third kappa shape index (κ3) is 42.6. The maximum Gasteiger partial charge on any atom is 0.472 e. The summed E-state index contributed by atoms with van der Waals surface area (Å²) in [5.41, 5.74) is 0. The molecule has 8 nitrogen and oxygen atoms in total. The van der Waals surface area contributed by atoms with Gasteiger partial charge in [0.05, 0.1) is 39.9 Å². The highest BCUT2D eigenvalue weighted by Crippen LogP contribution is 2.43. The van der Waals surface area contributed by atoms with Crippen molar-refractivity contribution in [2.24, 2.45) is 0 Å². The van der Waals surface area contributed by atoms with Crippen molar-refractivity contribution < 1.29 is 32.9 Å². The van der Waals surface area contributed by atoms with Crippen LogP contribution >= 0.6 is 7.82 Å². The maximum atomic E-state index is 12.8. The molecule has 0 saturated carbocycles. The van der Waals surface area contributed by atoms with E-state index < -0.39 is 20.0 Å². The van der Waals surface area contributed by atoms with Crippen molar-refractivity contribution in [3.05, 3.63) is 48.6 Å². The Labute approximate surface area is 359 Å². The lowest BCUT2D eigenvalue weighted by Gasteiger charge is -2.26. The number of likely N-dealkylation sites (N-methyl/N-ethyl adjacent to an activating group) is 1. The number of hydrogen-bond acceptors (Lipinski definition) is 5. The summed E-state index contributed by atoms with van der Waals surface area (Å²) in [4.78, 5) is 23.1. The van der Waals surface area contributed by atoms with E-state index in [9.17, 15) is 19.4 Å². The van der Waals surface area contributed by atoms with Gasteiger partial charge in [0.15, 0.2) is 0 Å². The quantitative estimate of drug-likeness (QED) is 0.0244. The van der Waals surface area contributed by atoms with E-state index in [4.69, 9.17) is 9.05 Å². The fourth-order valence-corrected chi connectivity index (χ4v) is 7.56. The van der Waals surface area contributed by atoms with Crippen molar-refractivity contribution in [2.45, 2.75) is 219 Å². The second-order valence-electron chi connectivity index (χ2n) is 17.5. The van der Waals surface area contributed by atoms with Gasteiger partial charge < -0.3 is 19.8 Å². The molecule has 3 N–H and O–H groups in total. The molecule has 1 amide bonds. The molecule has 0 saturated heterocycles. The largest absolute Gasteiger partial charge is 0.472 e. The molecule has 0 aliphatic rings. The normalized spacial score (nSPS) is 14.7. The van der Waals surface area contributed by atoms with Crippen molar-refractivity contribution in [1.29, 1.82) is 0 Å². The molecular formula is C49H94N2O6P+. The Hall–Kier alpha value is -1.54. The first-order valence-electron chi connectivity index (χ1n) is 24.0. The van der Waals surface area contributed by atoms with Crippen LogP contribution in [0.5, 0.6) is 0 Å². The van der Waals surface area contributed by atoms with E-state index in [1.165, 1.54) is 128 Å². The molecule has 3 unspecified atom stereocenters. The summed E-state index contributed by atoms with van der Waals surface area (Å²) in [6.07, 6.45) is 51.7. The Morgan fingerprint density at radius 1 is 0.603 bits per heavy atom. The summed E-state index contributed by atoms with van der Waals surface area (Å²) < 4.78 is 23.6. The van der Waals surface area contributed by atoms with Crippen LogP contribution in [0.1, 0.15) is 206 Å². The van der Waals surface area contributed by atoms with Crippen LogP contribution in [0, 0.1) is 0 Å². The number of allylic oxidation sites excluding steroid dienone is 8. The van der Waals surface area contributed by atoms with E-state index in [-0.39, 0.29) is 25.5 Å². The summed E-state index contributed by atoms with van der Waals surface area (Å²) in [6, 6.07) is -0.799. The molecule has 0 rings (SSSR count). The Balaban J connectivity index is 4.29. The molecule has 340 valence electrons. The van der Waals surface area contributed by atoms with Crippen molar-refractivity contribution in [3.63, 3.8) is 0 Å². The van der Waals surface area contributed by atoms with Crippen LogP contribution in [0.25, 0.3) is 0 Å². The number of nitrogens with zero attached hydrogens (tertiary/aromatic N) is 1. The highest BCUT2D eigenvalue weighted by Gasteiger charge is 2.28. The number of amides is 1. The van der Waals surface area contributed by atoms with Gasteiger partial charge >= 0.3 is 7.82 Å². The zero-order valence-electron chi connectivity index (χ0n) is 38.5. The number of nitrogens with one attached hydrogen (secondary N) is 1. The van der Waals surface area contributed by atoms with Gasteiger partial charge in [-0.05, 0) is 38.5 Å². The number of carbonyl (C=O) groups excluding carboxylic acids is 1. The summed E-state index contributed by atoms with van der Waals surface area (Å²) in [7, 11) is 1.57. The predicted molar refractivity (Wildman–Crippen MR) is 249 cm³/mol. The molecule has 0 bridgehead atoms. The van der Waals surface area contributed by atoms with Crippen LogP contribution in [-0.4, -0.2) is 73.4 Å². The Kier molecular flexibility index (Phi) is 39.8. The van der Waals surface area contributed by atoms with Crippen LogP contribution in [0.15, 0.2) is 48.6 Å². The zero-order chi connectivity index (χ0) is 42.8. The van der Waals surface area contributed by atoms with Crippen molar-refractivity contribution in [3.8, 4) is 0 Å². The minimum atomic E-state index is -4.33. The number of unbranched alkanes of at least 4 members (excludes halogenated alkanes) is 22. The number of quaternary nitrogens is 1. The SMILES string of the molecule is CC/C=C\C/C=C\C/C=C\C/C=C\CCC(=O)NC(COP(=O)(O)OCC[N+](C)(C)C)C(O)CCCCCCCCCCCCCCCCCCCCCCCCC. The van der Waals surface area contributed by atoms with Crippen LogP contribution < -0.4 is 5.32 Å². The smallest absolute Gasteiger partial charge is 0.391 e. The third-order valence-electron chi connectivity index (χ3n) is 10.6. The summed E-state index contributed by atoms with van der Waals surface area (Å²) in [5.74, 6) is -0.224. The predicted octanol–water partition coefficient (Wildman–Crippen LogP) is 13.6. The van der Waals surface area contributed by atoms with Gasteiger partial charge in [-0.1, -0.05) is 210 Å². The standard InChI is InChI=1S/C49H93N2O6P/c1-6-8-10-12-14-16-18-20-21-22-23-24-25-26-27-28-29-31-32-34-36-38-40-42-48(52)47(46-57-58(54,55)56-45-44-51(3,4)5)50-49(53)43-41-39-37-35-33-30-19-17-15-13-11-9-7-2/h9,11,15,17,30,33,37,39,47-48,52H,6-8,10,12-14,16,18-29,31-32,34-36,38,40-46H2,1-5H3,(H-,50,53,54,55)/p+1/b11-9-,17-15-,33-30-,39-37-. The van der Waals surface area contributed by atoms with E-state index in [1.807, 2.05) is 33.3 Å². The number of hydrogen-bond donors (Lipinski definition) is 3. The van der Waals surface area contributed by atoms with Crippen LogP contribution in [0.3, 0.4) is 0 Å². The van der Waals surface area contributed by atoms with Crippen molar-refractivity contribution >= 4 is 13.7 Å². The average Bonchev–Trinajstić information content (AvgIpc) is 3.17. The van der Waals surface area contributed by atoms with Crippen molar-refractivity contribution in [1.82, 2.24) is 5.32 Å². The summed E-state index contributed by atoms with van der Waals surface area (Å²) >= 11 is 0. The second-order valence-corrected chi connectivity index (χ2v) is 18.9. The number of carbonyl (C=O) groups is 1. The molecule has 0 heterocycles. The topological polar surface area (TPSA) is 105 Å². The first-order valence-corrected chi connectivity index (χ1v) is 25.5. The highest BCUT2D eigenvalue weighted by atomic mass is 31.2. The molecule has 3 atom stereocenters. The molecule has 9 heteroatoms. The van der Waals surface area contributed by atoms with E-state index in [1.54, 1.807) is 0 Å². The summed E-state index contributed by atoms with van der Waals surface area (Å²) in [6.45, 7) is 4.72. The van der Waals surface area contributed by atoms with Gasteiger partial charge in [0.2, 0.25) is 5.91 Å². The Morgan fingerprint density at radius 3 is 1.41 bits per heavy atom. The first kappa shape index (κ1) is 56.5. The van der Waals surface area contributed by atoms with Gasteiger partial charge in [0, 0.05) is 6.42 Å². The van der Waals surface area contributed by atoms with Gasteiger partial charge in [0.1, 0.15) is 13.2 Å². The minimum absolute atomic E-state index is 0.0607. The number of rotatable bonds is 43. The lowest BCUT2D eigenvalue weighted by atomic mass is 10.0. The minimum Gasteiger partial charge on any atom is -0.391 e. The number of phosphoric acid groups is 1. The first-order chi connectivity index (χ1) is 28.0. The highest BCUT2D eigenvalue weighted by molar-refractivity contribution is 7.47. The summed E-state index contributed by atoms with van der Waals surface area (Å²) in [5, 5.41) is 13.9. The van der Waals surface area contributed by atoms with Gasteiger partial charge in [-0.2, -0.15) is 0 Å². The Morgan fingerprint density at radius 2 is 1.00 bits per heavy atom. The van der Waals surface area contributed by atoms with Crippen LogP contribution in [0.4, 0.5) is 0 Å². The third-order valence-corrected chi connectivity index (χ3v) is 11.6. The lowest BCUT2D eigenvalue weighted by molar-refractivity contribution is -0.870. The molecule has 0 aromatic carbocycles. The number of aliphatic hydroxyl groups excluding tert-OH is 1. The Bertz CT molecular complexity index is 1090. The molecule has 58 heavy (non-hydrogen) atoms. The average molecular weight is 838 g/mol. The molecule has 0 aliphatic heterocycles.